The van der Waals surface area contributed by atoms with Crippen molar-refractivity contribution in [2.24, 2.45) is 0 Å². The van der Waals surface area contributed by atoms with Gasteiger partial charge in [0.1, 0.15) is 0 Å². The zero-order chi connectivity index (χ0) is 11.6. The highest BCUT2D eigenvalue weighted by Gasteiger charge is 2.27. The molecular formula is C8H6INO5. The van der Waals surface area contributed by atoms with Crippen molar-refractivity contribution in [3.63, 3.8) is 0 Å². The summed E-state index contributed by atoms with van der Waals surface area (Å²) >= 11 is 1.74. The number of nitrogens with zero attached hydrogens (tertiary/aromatic N) is 1. The van der Waals surface area contributed by atoms with Crippen LogP contribution in [0.4, 0.5) is 5.69 Å². The van der Waals surface area contributed by atoms with E-state index < -0.39 is 22.7 Å². The van der Waals surface area contributed by atoms with Gasteiger partial charge in [-0.1, -0.05) is 6.07 Å². The Morgan fingerprint density at radius 2 is 2.13 bits per heavy atom. The first-order valence-electron chi connectivity index (χ1n) is 3.79. The highest BCUT2D eigenvalue weighted by Crippen LogP contribution is 2.29. The van der Waals surface area contributed by atoms with Crippen molar-refractivity contribution in [1.29, 1.82) is 0 Å². The molecule has 1 aromatic carbocycles. The molecule has 1 atom stereocenters. The third-order valence-corrected chi connectivity index (χ3v) is 2.67. The van der Waals surface area contributed by atoms with Gasteiger partial charge >= 0.3 is 5.97 Å². The Labute approximate surface area is 97.8 Å². The van der Waals surface area contributed by atoms with Crippen LogP contribution in [0.2, 0.25) is 0 Å². The fourth-order valence-electron chi connectivity index (χ4n) is 1.08. The van der Waals surface area contributed by atoms with E-state index in [4.69, 9.17) is 5.11 Å². The molecule has 0 heterocycles. The molecule has 0 spiro atoms. The third kappa shape index (κ3) is 2.42. The molecule has 0 saturated heterocycles. The van der Waals surface area contributed by atoms with Gasteiger partial charge in [-0.15, -0.1) is 0 Å². The number of carboxylic acid groups (broad SMARTS) is 1. The number of carbonyl (C=O) groups is 1. The molecular weight excluding hydrogens is 317 g/mol. The monoisotopic (exact) mass is 323 g/mol. The van der Waals surface area contributed by atoms with Gasteiger partial charge in [0.25, 0.3) is 5.69 Å². The van der Waals surface area contributed by atoms with E-state index in [0.29, 0.717) is 3.57 Å². The molecule has 0 amide bonds. The number of nitro benzene ring substituents is 1. The number of carboxylic acids is 1. The van der Waals surface area contributed by atoms with Gasteiger partial charge in [-0.05, 0) is 28.7 Å². The average molecular weight is 323 g/mol. The fraction of sp³-hybridized carbons (Fsp3) is 0.125. The Hall–Kier alpha value is -1.22. The van der Waals surface area contributed by atoms with Crippen LogP contribution in [0.5, 0.6) is 0 Å². The minimum absolute atomic E-state index is 0.185. The smallest absolute Gasteiger partial charge is 0.337 e. The number of benzene rings is 1. The molecule has 0 aliphatic rings. The Balaban J connectivity index is 3.37. The van der Waals surface area contributed by atoms with Crippen molar-refractivity contribution in [3.8, 4) is 0 Å². The van der Waals surface area contributed by atoms with Crippen molar-refractivity contribution in [1.82, 2.24) is 0 Å². The number of nitro groups is 1. The summed E-state index contributed by atoms with van der Waals surface area (Å²) in [6.45, 7) is 0. The van der Waals surface area contributed by atoms with Crippen LogP contribution in [0.3, 0.4) is 0 Å². The summed E-state index contributed by atoms with van der Waals surface area (Å²) in [6.07, 6.45) is -1.88. The SMILES string of the molecule is O=C(O)C(O)c1c(I)cccc1[N+](=O)[O-]. The topological polar surface area (TPSA) is 101 Å². The minimum Gasteiger partial charge on any atom is -0.479 e. The van der Waals surface area contributed by atoms with E-state index >= 15 is 0 Å². The van der Waals surface area contributed by atoms with E-state index in [2.05, 4.69) is 0 Å². The van der Waals surface area contributed by atoms with Crippen LogP contribution in [0.1, 0.15) is 11.7 Å². The second-order valence-corrected chi connectivity index (χ2v) is 3.83. The Bertz CT molecular complexity index is 419. The maximum absolute atomic E-state index is 10.6. The maximum Gasteiger partial charge on any atom is 0.337 e. The van der Waals surface area contributed by atoms with Crippen LogP contribution in [0, 0.1) is 13.7 Å². The van der Waals surface area contributed by atoms with Gasteiger partial charge < -0.3 is 10.2 Å². The van der Waals surface area contributed by atoms with Gasteiger partial charge in [0, 0.05) is 9.64 Å². The second-order valence-electron chi connectivity index (χ2n) is 2.67. The molecule has 0 aromatic heterocycles. The number of hydrogen-bond acceptors (Lipinski definition) is 4. The van der Waals surface area contributed by atoms with Gasteiger partial charge in [-0.25, -0.2) is 4.79 Å². The lowest BCUT2D eigenvalue weighted by molar-refractivity contribution is -0.386. The zero-order valence-electron chi connectivity index (χ0n) is 7.25. The van der Waals surface area contributed by atoms with Crippen molar-refractivity contribution >= 4 is 34.2 Å². The highest BCUT2D eigenvalue weighted by molar-refractivity contribution is 14.1. The highest BCUT2D eigenvalue weighted by atomic mass is 127. The van der Waals surface area contributed by atoms with Crippen molar-refractivity contribution in [2.75, 3.05) is 0 Å². The van der Waals surface area contributed by atoms with Crippen molar-refractivity contribution in [3.05, 3.63) is 37.4 Å². The molecule has 0 saturated carbocycles. The molecule has 7 heteroatoms. The molecule has 1 aromatic rings. The van der Waals surface area contributed by atoms with E-state index in [0.717, 1.165) is 6.07 Å². The quantitative estimate of drug-likeness (QED) is 0.496. The van der Waals surface area contributed by atoms with Gasteiger partial charge in [0.2, 0.25) is 0 Å². The van der Waals surface area contributed by atoms with Crippen LogP contribution in [0.25, 0.3) is 0 Å². The van der Waals surface area contributed by atoms with Gasteiger partial charge in [-0.2, -0.15) is 0 Å². The molecule has 2 N–H and O–H groups in total. The van der Waals surface area contributed by atoms with Crippen LogP contribution in [-0.2, 0) is 4.79 Å². The van der Waals surface area contributed by atoms with E-state index in [1.54, 1.807) is 22.6 Å². The van der Waals surface area contributed by atoms with Crippen LogP contribution in [0.15, 0.2) is 18.2 Å². The largest absolute Gasteiger partial charge is 0.479 e. The summed E-state index contributed by atoms with van der Waals surface area (Å²) in [5, 5.41) is 28.5. The van der Waals surface area contributed by atoms with Crippen LogP contribution < -0.4 is 0 Å². The normalized spacial score (nSPS) is 12.1. The van der Waals surface area contributed by atoms with Crippen LogP contribution >= 0.6 is 22.6 Å². The Kier molecular flexibility index (Phi) is 3.58. The summed E-state index contributed by atoms with van der Waals surface area (Å²) in [6, 6.07) is 4.08. The number of aliphatic carboxylic acids is 1. The van der Waals surface area contributed by atoms with Gasteiger partial charge in [0.05, 0.1) is 10.5 Å². The fourth-order valence-corrected chi connectivity index (χ4v) is 1.86. The maximum atomic E-state index is 10.6. The Morgan fingerprint density at radius 1 is 1.53 bits per heavy atom. The van der Waals surface area contributed by atoms with Crippen LogP contribution in [-0.4, -0.2) is 21.1 Å². The first-order chi connectivity index (χ1) is 6.95. The molecule has 1 rings (SSSR count). The lowest BCUT2D eigenvalue weighted by Gasteiger charge is -2.08. The third-order valence-electron chi connectivity index (χ3n) is 1.73. The van der Waals surface area contributed by atoms with Crippen molar-refractivity contribution in [2.45, 2.75) is 6.10 Å². The lowest BCUT2D eigenvalue weighted by atomic mass is 10.1. The number of aliphatic hydroxyl groups is 1. The number of aliphatic hydroxyl groups excluding tert-OH is 1. The molecule has 0 radical (unpaired) electrons. The van der Waals surface area contributed by atoms with Crippen molar-refractivity contribution < 1.29 is 19.9 Å². The summed E-state index contributed by atoms with van der Waals surface area (Å²) in [5.74, 6) is -1.51. The molecule has 6 nitrogen and oxygen atoms in total. The molecule has 0 bridgehead atoms. The predicted molar refractivity (Wildman–Crippen MR) is 58.4 cm³/mol. The summed E-state index contributed by atoms with van der Waals surface area (Å²) in [4.78, 5) is 20.4. The predicted octanol–water partition coefficient (Wildman–Crippen LogP) is 1.32. The second kappa shape index (κ2) is 4.53. The standard InChI is InChI=1S/C8H6INO5/c9-4-2-1-3-5(10(14)15)6(4)7(11)8(12)13/h1-3,7,11H,(H,12,13). The van der Waals surface area contributed by atoms with E-state index in [9.17, 15) is 20.0 Å². The molecule has 15 heavy (non-hydrogen) atoms. The first kappa shape index (κ1) is 11.9. The lowest BCUT2D eigenvalue weighted by Crippen LogP contribution is -2.14. The van der Waals surface area contributed by atoms with E-state index in [-0.39, 0.29) is 5.56 Å². The molecule has 0 fully saturated rings. The van der Waals surface area contributed by atoms with Gasteiger partial charge in [0.15, 0.2) is 6.10 Å². The summed E-state index contributed by atoms with van der Waals surface area (Å²) < 4.78 is 0.344. The number of halogens is 1. The molecule has 80 valence electrons. The first-order valence-corrected chi connectivity index (χ1v) is 4.86. The molecule has 1 unspecified atom stereocenters. The summed E-state index contributed by atoms with van der Waals surface area (Å²) in [5.41, 5.74) is -0.576. The zero-order valence-corrected chi connectivity index (χ0v) is 9.41. The minimum atomic E-state index is -1.88. The molecule has 0 aliphatic carbocycles. The number of rotatable bonds is 3. The van der Waals surface area contributed by atoms with Gasteiger partial charge in [-0.3, -0.25) is 10.1 Å². The number of hydrogen-bond donors (Lipinski definition) is 2. The summed E-state index contributed by atoms with van der Waals surface area (Å²) in [7, 11) is 0. The Morgan fingerprint density at radius 3 is 2.60 bits per heavy atom. The van der Waals surface area contributed by atoms with E-state index in [1.807, 2.05) is 0 Å². The van der Waals surface area contributed by atoms with E-state index in [1.165, 1.54) is 12.1 Å². The molecule has 0 aliphatic heterocycles. The average Bonchev–Trinajstić information content (AvgIpc) is 2.16.